The van der Waals surface area contributed by atoms with Crippen molar-refractivity contribution in [2.75, 3.05) is 13.2 Å². The van der Waals surface area contributed by atoms with Crippen LogP contribution in [0.25, 0.3) is 11.0 Å². The highest BCUT2D eigenvalue weighted by Gasteiger charge is 2.24. The van der Waals surface area contributed by atoms with Crippen molar-refractivity contribution in [1.29, 1.82) is 0 Å². The Labute approximate surface area is 148 Å². The summed E-state index contributed by atoms with van der Waals surface area (Å²) in [6, 6.07) is 16.5. The average molecular weight is 336 g/mol. The van der Waals surface area contributed by atoms with Crippen LogP contribution in [-0.4, -0.2) is 22.8 Å². The lowest BCUT2D eigenvalue weighted by Gasteiger charge is -2.14. The number of rotatable bonds is 6. The van der Waals surface area contributed by atoms with Crippen LogP contribution in [-0.2, 0) is 11.3 Å². The van der Waals surface area contributed by atoms with Gasteiger partial charge in [-0.3, -0.25) is 0 Å². The van der Waals surface area contributed by atoms with Crippen LogP contribution < -0.4 is 4.74 Å². The van der Waals surface area contributed by atoms with E-state index in [4.69, 9.17) is 14.5 Å². The van der Waals surface area contributed by atoms with Gasteiger partial charge in [0.05, 0.1) is 17.6 Å². The maximum absolute atomic E-state index is 5.95. The normalized spacial score (nSPS) is 17.2. The summed E-state index contributed by atoms with van der Waals surface area (Å²) in [5.74, 6) is 2.03. The molecule has 3 aromatic rings. The number of ether oxygens (including phenoxy) is 2. The molecular formula is C21H24N2O2. The van der Waals surface area contributed by atoms with Gasteiger partial charge in [-0.15, -0.1) is 0 Å². The summed E-state index contributed by atoms with van der Waals surface area (Å²) in [7, 11) is 0. The fourth-order valence-corrected chi connectivity index (χ4v) is 3.48. The molecule has 1 saturated heterocycles. The summed E-state index contributed by atoms with van der Waals surface area (Å²) in [5.41, 5.74) is 3.41. The molecule has 0 saturated carbocycles. The molecule has 2 aromatic carbocycles. The second-order valence-corrected chi connectivity index (χ2v) is 6.58. The maximum atomic E-state index is 5.95. The molecule has 0 bridgehead atoms. The van der Waals surface area contributed by atoms with E-state index in [1.807, 2.05) is 24.3 Å². The van der Waals surface area contributed by atoms with Crippen molar-refractivity contribution in [3.8, 4) is 5.75 Å². The van der Waals surface area contributed by atoms with E-state index in [0.29, 0.717) is 6.61 Å². The third kappa shape index (κ3) is 3.40. The number of fused-ring (bicyclic) bond motifs is 1. The van der Waals surface area contributed by atoms with Gasteiger partial charge in [0.15, 0.2) is 0 Å². The average Bonchev–Trinajstić information content (AvgIpc) is 3.28. The van der Waals surface area contributed by atoms with Crippen LogP contribution in [0.2, 0.25) is 0 Å². The molecule has 130 valence electrons. The third-order valence-corrected chi connectivity index (χ3v) is 4.78. The standard InChI is InChI=1S/C21H24N2O2/c1-16-8-2-5-11-19(16)24-15-7-13-23-18-10-4-3-9-17(18)22-21(23)20-12-6-14-25-20/h2-5,8-11,20H,6-7,12-15H2,1H3/t20-/m0/s1. The number of aromatic nitrogens is 2. The van der Waals surface area contributed by atoms with Crippen molar-refractivity contribution >= 4 is 11.0 Å². The van der Waals surface area contributed by atoms with Crippen molar-refractivity contribution in [3.05, 3.63) is 59.9 Å². The fourth-order valence-electron chi connectivity index (χ4n) is 3.48. The van der Waals surface area contributed by atoms with Crippen LogP contribution in [0.1, 0.15) is 36.8 Å². The molecule has 1 aliphatic rings. The van der Waals surface area contributed by atoms with Gasteiger partial charge in [-0.1, -0.05) is 30.3 Å². The molecule has 1 fully saturated rings. The van der Waals surface area contributed by atoms with E-state index in [1.54, 1.807) is 0 Å². The molecule has 0 N–H and O–H groups in total. The summed E-state index contributed by atoms with van der Waals surface area (Å²) >= 11 is 0. The third-order valence-electron chi connectivity index (χ3n) is 4.78. The molecule has 25 heavy (non-hydrogen) atoms. The molecule has 4 rings (SSSR count). The zero-order valence-electron chi connectivity index (χ0n) is 14.6. The molecule has 1 aromatic heterocycles. The number of benzene rings is 2. The zero-order valence-corrected chi connectivity index (χ0v) is 14.6. The summed E-state index contributed by atoms with van der Waals surface area (Å²) in [4.78, 5) is 4.84. The van der Waals surface area contributed by atoms with E-state index in [-0.39, 0.29) is 6.10 Å². The van der Waals surface area contributed by atoms with Crippen LogP contribution in [0.4, 0.5) is 0 Å². The molecule has 0 spiro atoms. The number of hydrogen-bond acceptors (Lipinski definition) is 3. The van der Waals surface area contributed by atoms with Crippen LogP contribution in [0, 0.1) is 6.92 Å². The first-order valence-electron chi connectivity index (χ1n) is 9.08. The van der Waals surface area contributed by atoms with E-state index in [2.05, 4.69) is 35.8 Å². The maximum Gasteiger partial charge on any atom is 0.139 e. The van der Waals surface area contributed by atoms with Gasteiger partial charge in [-0.2, -0.15) is 0 Å². The molecule has 1 atom stereocenters. The second kappa shape index (κ2) is 7.28. The smallest absolute Gasteiger partial charge is 0.139 e. The first kappa shape index (κ1) is 16.2. The summed E-state index contributed by atoms with van der Waals surface area (Å²) in [6.07, 6.45) is 3.24. The van der Waals surface area contributed by atoms with E-state index in [0.717, 1.165) is 49.5 Å². The number of imidazole rings is 1. The summed E-state index contributed by atoms with van der Waals surface area (Å²) in [6.45, 7) is 4.50. The molecule has 1 aliphatic heterocycles. The number of hydrogen-bond donors (Lipinski definition) is 0. The van der Waals surface area contributed by atoms with E-state index in [1.165, 1.54) is 11.1 Å². The molecule has 0 radical (unpaired) electrons. The first-order valence-corrected chi connectivity index (χ1v) is 9.08. The molecular weight excluding hydrogens is 312 g/mol. The molecule has 0 aliphatic carbocycles. The van der Waals surface area contributed by atoms with Crippen molar-refractivity contribution in [2.45, 2.75) is 38.8 Å². The number of para-hydroxylation sites is 3. The fraction of sp³-hybridized carbons (Fsp3) is 0.381. The zero-order chi connectivity index (χ0) is 17.1. The summed E-state index contributed by atoms with van der Waals surface area (Å²) in [5, 5.41) is 0. The minimum Gasteiger partial charge on any atom is -0.493 e. The minimum atomic E-state index is 0.129. The predicted molar refractivity (Wildman–Crippen MR) is 99.0 cm³/mol. The molecule has 0 unspecified atom stereocenters. The van der Waals surface area contributed by atoms with Gasteiger partial charge < -0.3 is 14.0 Å². The molecule has 0 amide bonds. The Hall–Kier alpha value is -2.33. The highest BCUT2D eigenvalue weighted by molar-refractivity contribution is 5.76. The van der Waals surface area contributed by atoms with E-state index >= 15 is 0 Å². The molecule has 4 nitrogen and oxygen atoms in total. The molecule has 4 heteroatoms. The van der Waals surface area contributed by atoms with Gasteiger partial charge in [0.25, 0.3) is 0 Å². The van der Waals surface area contributed by atoms with Gasteiger partial charge in [0.2, 0.25) is 0 Å². The Balaban J connectivity index is 1.48. The topological polar surface area (TPSA) is 36.3 Å². The Morgan fingerprint density at radius 1 is 1.16 bits per heavy atom. The van der Waals surface area contributed by atoms with Crippen molar-refractivity contribution in [3.63, 3.8) is 0 Å². The van der Waals surface area contributed by atoms with Gasteiger partial charge in [-0.05, 0) is 49.9 Å². The van der Waals surface area contributed by atoms with Crippen LogP contribution >= 0.6 is 0 Å². The predicted octanol–water partition coefficient (Wildman–Crippen LogP) is 4.67. The summed E-state index contributed by atoms with van der Waals surface area (Å²) < 4.78 is 14.1. The van der Waals surface area contributed by atoms with E-state index in [9.17, 15) is 0 Å². The first-order chi connectivity index (χ1) is 12.3. The number of aryl methyl sites for hydroxylation is 2. The van der Waals surface area contributed by atoms with Crippen LogP contribution in [0.5, 0.6) is 5.75 Å². The Bertz CT molecular complexity index is 850. The van der Waals surface area contributed by atoms with Gasteiger partial charge in [-0.25, -0.2) is 4.98 Å². The van der Waals surface area contributed by atoms with Crippen LogP contribution in [0.15, 0.2) is 48.5 Å². The Kier molecular flexibility index (Phi) is 4.70. The van der Waals surface area contributed by atoms with Crippen molar-refractivity contribution < 1.29 is 9.47 Å². The Morgan fingerprint density at radius 2 is 2.00 bits per heavy atom. The lowest BCUT2D eigenvalue weighted by atomic mass is 10.2. The second-order valence-electron chi connectivity index (χ2n) is 6.58. The highest BCUT2D eigenvalue weighted by Crippen LogP contribution is 2.30. The number of nitrogens with zero attached hydrogens (tertiary/aromatic N) is 2. The monoisotopic (exact) mass is 336 g/mol. The Morgan fingerprint density at radius 3 is 2.84 bits per heavy atom. The molecule has 2 heterocycles. The lowest BCUT2D eigenvalue weighted by molar-refractivity contribution is 0.102. The van der Waals surface area contributed by atoms with Gasteiger partial charge in [0.1, 0.15) is 17.7 Å². The quantitative estimate of drug-likeness (QED) is 0.614. The van der Waals surface area contributed by atoms with E-state index < -0.39 is 0 Å². The SMILES string of the molecule is Cc1ccccc1OCCCn1c([C@@H]2CCCO2)nc2ccccc21. The minimum absolute atomic E-state index is 0.129. The van der Waals surface area contributed by atoms with Crippen LogP contribution in [0.3, 0.4) is 0 Å². The van der Waals surface area contributed by atoms with Crippen molar-refractivity contribution in [1.82, 2.24) is 9.55 Å². The van der Waals surface area contributed by atoms with Gasteiger partial charge in [0, 0.05) is 13.2 Å². The largest absolute Gasteiger partial charge is 0.493 e. The van der Waals surface area contributed by atoms with Crippen molar-refractivity contribution in [2.24, 2.45) is 0 Å². The highest BCUT2D eigenvalue weighted by atomic mass is 16.5. The van der Waals surface area contributed by atoms with Gasteiger partial charge >= 0.3 is 0 Å². The lowest BCUT2D eigenvalue weighted by Crippen LogP contribution is -2.11.